The van der Waals surface area contributed by atoms with E-state index >= 15 is 0 Å². The Bertz CT molecular complexity index is 338. The molecule has 4 heteroatoms. The Labute approximate surface area is 143 Å². The third-order valence-electron chi connectivity index (χ3n) is 5.24. The van der Waals surface area contributed by atoms with Crippen molar-refractivity contribution in [3.63, 3.8) is 0 Å². The molecule has 23 heavy (non-hydrogen) atoms. The number of nitrogens with zero attached hydrogens (tertiary/aromatic N) is 2. The second-order valence-electron chi connectivity index (χ2n) is 7.38. The van der Waals surface area contributed by atoms with Crippen LogP contribution in [-0.2, 0) is 0 Å². The van der Waals surface area contributed by atoms with Crippen molar-refractivity contribution in [2.24, 2.45) is 10.9 Å². The molecule has 0 bridgehead atoms. The van der Waals surface area contributed by atoms with Gasteiger partial charge in [0, 0.05) is 32.7 Å². The number of aliphatic imine (C=N–C) groups is 1. The molecular weight excluding hydrogens is 284 g/mol. The Hall–Kier alpha value is -0.770. The van der Waals surface area contributed by atoms with E-state index < -0.39 is 0 Å². The summed E-state index contributed by atoms with van der Waals surface area (Å²) >= 11 is 0. The zero-order chi connectivity index (χ0) is 16.3. The van der Waals surface area contributed by atoms with Crippen LogP contribution < -0.4 is 10.6 Å². The Morgan fingerprint density at radius 1 is 1.00 bits per heavy atom. The molecule has 1 saturated carbocycles. The molecule has 1 heterocycles. The van der Waals surface area contributed by atoms with Crippen LogP contribution >= 0.6 is 0 Å². The fourth-order valence-corrected chi connectivity index (χ4v) is 3.55. The second-order valence-corrected chi connectivity index (χ2v) is 7.38. The zero-order valence-corrected chi connectivity index (χ0v) is 15.4. The van der Waals surface area contributed by atoms with E-state index in [4.69, 9.17) is 0 Å². The molecule has 134 valence electrons. The van der Waals surface area contributed by atoms with Gasteiger partial charge in [0.05, 0.1) is 0 Å². The number of hydrogen-bond acceptors (Lipinski definition) is 2. The lowest BCUT2D eigenvalue weighted by molar-refractivity contribution is 0.314. The van der Waals surface area contributed by atoms with Crippen molar-refractivity contribution in [2.75, 3.05) is 33.2 Å². The van der Waals surface area contributed by atoms with Crippen LogP contribution in [0.3, 0.4) is 0 Å². The third kappa shape index (κ3) is 7.56. The van der Waals surface area contributed by atoms with E-state index in [9.17, 15) is 0 Å². The van der Waals surface area contributed by atoms with Crippen LogP contribution in [0.2, 0.25) is 0 Å². The molecule has 0 aromatic rings. The minimum atomic E-state index is 0.799. The molecule has 1 aliphatic heterocycles. The molecule has 0 spiro atoms. The minimum absolute atomic E-state index is 0.799. The molecule has 0 aromatic carbocycles. The van der Waals surface area contributed by atoms with Gasteiger partial charge in [-0.3, -0.25) is 4.99 Å². The summed E-state index contributed by atoms with van der Waals surface area (Å²) in [5.41, 5.74) is 0. The van der Waals surface area contributed by atoms with Crippen molar-refractivity contribution >= 4 is 5.96 Å². The minimum Gasteiger partial charge on any atom is -0.356 e. The van der Waals surface area contributed by atoms with E-state index in [1.807, 2.05) is 7.05 Å². The molecule has 2 N–H and O–H groups in total. The van der Waals surface area contributed by atoms with Gasteiger partial charge < -0.3 is 15.5 Å². The molecular formula is C19H38N4. The van der Waals surface area contributed by atoms with Crippen molar-refractivity contribution in [1.29, 1.82) is 0 Å². The van der Waals surface area contributed by atoms with Gasteiger partial charge in [-0.25, -0.2) is 0 Å². The Morgan fingerprint density at radius 2 is 1.74 bits per heavy atom. The molecule has 4 nitrogen and oxygen atoms in total. The van der Waals surface area contributed by atoms with Gasteiger partial charge in [0.1, 0.15) is 0 Å². The van der Waals surface area contributed by atoms with Crippen molar-refractivity contribution in [3.8, 4) is 0 Å². The van der Waals surface area contributed by atoms with E-state index in [1.165, 1.54) is 77.3 Å². The Morgan fingerprint density at radius 3 is 2.43 bits per heavy atom. The molecule has 2 fully saturated rings. The summed E-state index contributed by atoms with van der Waals surface area (Å²) in [6.07, 6.45) is 13.7. The van der Waals surface area contributed by atoms with Crippen molar-refractivity contribution < 1.29 is 0 Å². The van der Waals surface area contributed by atoms with E-state index in [1.54, 1.807) is 0 Å². The first kappa shape index (κ1) is 18.6. The Balaban J connectivity index is 1.45. The summed E-state index contributed by atoms with van der Waals surface area (Å²) < 4.78 is 0. The van der Waals surface area contributed by atoms with Gasteiger partial charge in [0.25, 0.3) is 0 Å². The predicted molar refractivity (Wildman–Crippen MR) is 100 cm³/mol. The van der Waals surface area contributed by atoms with Gasteiger partial charge in [-0.2, -0.15) is 0 Å². The van der Waals surface area contributed by atoms with Gasteiger partial charge in [-0.05, 0) is 38.1 Å². The van der Waals surface area contributed by atoms with E-state index in [2.05, 4.69) is 27.4 Å². The van der Waals surface area contributed by atoms with Crippen LogP contribution in [0.25, 0.3) is 0 Å². The lowest BCUT2D eigenvalue weighted by atomic mass is 10.1. The van der Waals surface area contributed by atoms with Crippen LogP contribution in [0, 0.1) is 5.92 Å². The number of guanidine groups is 1. The highest BCUT2D eigenvalue weighted by molar-refractivity contribution is 5.79. The summed E-state index contributed by atoms with van der Waals surface area (Å²) in [6.45, 7) is 6.98. The van der Waals surface area contributed by atoms with Gasteiger partial charge in [-0.1, -0.05) is 45.4 Å². The fraction of sp³-hybridized carbons (Fsp3) is 0.947. The SMILES string of the molecule is CCCCCCCCCNC(=NC)NCC1CCN(C2CC2)C1. The summed E-state index contributed by atoms with van der Waals surface area (Å²) in [5, 5.41) is 6.99. The molecule has 1 unspecified atom stereocenters. The molecule has 0 radical (unpaired) electrons. The second kappa shape index (κ2) is 10.9. The highest BCUT2D eigenvalue weighted by atomic mass is 15.2. The number of rotatable bonds is 11. The van der Waals surface area contributed by atoms with Gasteiger partial charge >= 0.3 is 0 Å². The molecule has 0 aromatic heterocycles. The predicted octanol–water partition coefficient (Wildman–Crippen LogP) is 3.39. The number of hydrogen-bond donors (Lipinski definition) is 2. The molecule has 2 aliphatic rings. The van der Waals surface area contributed by atoms with E-state index in [0.717, 1.165) is 31.0 Å². The maximum Gasteiger partial charge on any atom is 0.190 e. The van der Waals surface area contributed by atoms with Crippen LogP contribution in [0.1, 0.15) is 71.1 Å². The highest BCUT2D eigenvalue weighted by Gasteiger charge is 2.34. The Kier molecular flexibility index (Phi) is 8.80. The summed E-state index contributed by atoms with van der Waals surface area (Å²) in [6, 6.07) is 0.926. The van der Waals surface area contributed by atoms with Gasteiger partial charge in [-0.15, -0.1) is 0 Å². The first-order chi connectivity index (χ1) is 11.3. The monoisotopic (exact) mass is 322 g/mol. The van der Waals surface area contributed by atoms with Crippen molar-refractivity contribution in [1.82, 2.24) is 15.5 Å². The van der Waals surface area contributed by atoms with Crippen LogP contribution in [0.4, 0.5) is 0 Å². The van der Waals surface area contributed by atoms with E-state index in [0.29, 0.717) is 0 Å². The lowest BCUT2D eigenvalue weighted by Gasteiger charge is -2.17. The number of likely N-dealkylation sites (tertiary alicyclic amines) is 1. The fourth-order valence-electron chi connectivity index (χ4n) is 3.55. The largest absolute Gasteiger partial charge is 0.356 e. The van der Waals surface area contributed by atoms with Gasteiger partial charge in [0.2, 0.25) is 0 Å². The molecule has 2 rings (SSSR count). The average molecular weight is 323 g/mol. The standard InChI is InChI=1S/C19H38N4/c1-3-4-5-6-7-8-9-13-21-19(20-2)22-15-17-12-14-23(16-17)18-10-11-18/h17-18H,3-16H2,1-2H3,(H2,20,21,22). The molecule has 1 aliphatic carbocycles. The highest BCUT2D eigenvalue weighted by Crippen LogP contribution is 2.31. The van der Waals surface area contributed by atoms with Crippen LogP contribution in [0.5, 0.6) is 0 Å². The maximum atomic E-state index is 4.35. The third-order valence-corrected chi connectivity index (χ3v) is 5.24. The number of nitrogens with one attached hydrogen (secondary N) is 2. The zero-order valence-electron chi connectivity index (χ0n) is 15.4. The first-order valence-corrected chi connectivity index (χ1v) is 10.0. The van der Waals surface area contributed by atoms with Crippen molar-refractivity contribution in [2.45, 2.75) is 77.2 Å². The molecule has 1 saturated heterocycles. The first-order valence-electron chi connectivity index (χ1n) is 10.0. The molecule has 1 atom stereocenters. The van der Waals surface area contributed by atoms with Crippen molar-refractivity contribution in [3.05, 3.63) is 0 Å². The lowest BCUT2D eigenvalue weighted by Crippen LogP contribution is -2.40. The van der Waals surface area contributed by atoms with Gasteiger partial charge in [0.15, 0.2) is 5.96 Å². The maximum absolute atomic E-state index is 4.35. The summed E-state index contributed by atoms with van der Waals surface area (Å²) in [4.78, 5) is 7.04. The summed E-state index contributed by atoms with van der Waals surface area (Å²) in [5.74, 6) is 1.79. The summed E-state index contributed by atoms with van der Waals surface area (Å²) in [7, 11) is 1.88. The van der Waals surface area contributed by atoms with E-state index in [-0.39, 0.29) is 0 Å². The normalized spacial score (nSPS) is 22.5. The quantitative estimate of drug-likeness (QED) is 0.348. The van der Waals surface area contributed by atoms with Crippen LogP contribution in [0.15, 0.2) is 4.99 Å². The molecule has 0 amide bonds. The topological polar surface area (TPSA) is 39.7 Å². The average Bonchev–Trinajstić information content (AvgIpc) is 3.31. The number of unbranched alkanes of at least 4 members (excludes halogenated alkanes) is 6. The smallest absolute Gasteiger partial charge is 0.190 e. The van der Waals surface area contributed by atoms with Crippen LogP contribution in [-0.4, -0.2) is 50.1 Å².